The molecule has 2 nitrogen and oxygen atoms in total. The molecular formula is C7H9F3O2. The molecule has 0 spiro atoms. The largest absolute Gasteiger partial charge is 0.465 e. The molecule has 0 radical (unpaired) electrons. The predicted molar refractivity (Wildman–Crippen MR) is 34.4 cm³/mol. The summed E-state index contributed by atoms with van der Waals surface area (Å²) in [5.41, 5.74) is 0. The molecule has 70 valence electrons. The molecule has 1 aliphatic rings. The van der Waals surface area contributed by atoms with Crippen LogP contribution in [0.15, 0.2) is 0 Å². The van der Waals surface area contributed by atoms with Crippen LogP contribution in [-0.2, 0) is 9.53 Å². The lowest BCUT2D eigenvalue weighted by molar-refractivity contribution is -0.159. The number of ether oxygens (including phenoxy) is 1. The Bertz CT molecular complexity index is 172. The molecule has 5 heteroatoms. The summed E-state index contributed by atoms with van der Waals surface area (Å²) >= 11 is 0. The van der Waals surface area contributed by atoms with E-state index >= 15 is 0 Å². The number of rotatable bonds is 3. The third-order valence-electron chi connectivity index (χ3n) is 1.54. The van der Waals surface area contributed by atoms with E-state index in [0.29, 0.717) is 0 Å². The summed E-state index contributed by atoms with van der Waals surface area (Å²) in [4.78, 5) is 10.7. The Morgan fingerprint density at radius 3 is 2.42 bits per heavy atom. The van der Waals surface area contributed by atoms with Gasteiger partial charge >= 0.3 is 12.1 Å². The van der Waals surface area contributed by atoms with E-state index in [1.165, 1.54) is 0 Å². The molecule has 0 saturated heterocycles. The average molecular weight is 182 g/mol. The Balaban J connectivity index is 2.05. The number of halogens is 3. The zero-order valence-electron chi connectivity index (χ0n) is 6.36. The van der Waals surface area contributed by atoms with Crippen molar-refractivity contribution in [3.05, 3.63) is 0 Å². The molecule has 0 N–H and O–H groups in total. The quantitative estimate of drug-likeness (QED) is 0.623. The van der Waals surface area contributed by atoms with Crippen LogP contribution in [0, 0.1) is 5.92 Å². The Morgan fingerprint density at radius 1 is 1.42 bits per heavy atom. The molecular weight excluding hydrogens is 173 g/mol. The lowest BCUT2D eigenvalue weighted by Crippen LogP contribution is -2.15. The van der Waals surface area contributed by atoms with Crippen molar-refractivity contribution in [3.63, 3.8) is 0 Å². The first kappa shape index (κ1) is 9.35. The summed E-state index contributed by atoms with van der Waals surface area (Å²) in [6.07, 6.45) is -3.77. The fourth-order valence-electron chi connectivity index (χ4n) is 0.704. The molecule has 0 aromatic carbocycles. The van der Waals surface area contributed by atoms with Gasteiger partial charge in [-0.25, -0.2) is 0 Å². The van der Waals surface area contributed by atoms with Gasteiger partial charge in [-0.1, -0.05) is 0 Å². The SMILES string of the molecule is O=C(OCCC(F)(F)F)C1CC1. The Labute approximate surface area is 67.7 Å². The highest BCUT2D eigenvalue weighted by Gasteiger charge is 2.33. The Hall–Kier alpha value is -0.740. The van der Waals surface area contributed by atoms with Crippen molar-refractivity contribution in [2.24, 2.45) is 5.92 Å². The minimum atomic E-state index is -4.23. The topological polar surface area (TPSA) is 26.3 Å². The fraction of sp³-hybridized carbons (Fsp3) is 0.857. The first-order chi connectivity index (χ1) is 5.49. The molecule has 0 heterocycles. The molecule has 1 rings (SSSR count). The van der Waals surface area contributed by atoms with Gasteiger partial charge in [-0.15, -0.1) is 0 Å². The molecule has 1 fully saturated rings. The second kappa shape index (κ2) is 3.33. The third-order valence-corrected chi connectivity index (χ3v) is 1.54. The monoisotopic (exact) mass is 182 g/mol. The maximum absolute atomic E-state index is 11.5. The minimum absolute atomic E-state index is 0.127. The molecule has 0 aromatic heterocycles. The van der Waals surface area contributed by atoms with Gasteiger partial charge in [-0.3, -0.25) is 4.79 Å². The number of carbonyl (C=O) groups is 1. The van der Waals surface area contributed by atoms with Crippen LogP contribution < -0.4 is 0 Å². The number of alkyl halides is 3. The van der Waals surface area contributed by atoms with Crippen LogP contribution in [-0.4, -0.2) is 18.8 Å². The van der Waals surface area contributed by atoms with Gasteiger partial charge in [0.05, 0.1) is 18.9 Å². The summed E-state index contributed by atoms with van der Waals surface area (Å²) < 4.78 is 39.0. The van der Waals surface area contributed by atoms with E-state index in [2.05, 4.69) is 4.74 Å². The summed E-state index contributed by atoms with van der Waals surface area (Å²) in [5, 5.41) is 0. The van der Waals surface area contributed by atoms with E-state index in [1.807, 2.05) is 0 Å². The molecule has 0 amide bonds. The zero-order valence-corrected chi connectivity index (χ0v) is 6.36. The normalized spacial score (nSPS) is 17.6. The van der Waals surface area contributed by atoms with Crippen LogP contribution in [0.1, 0.15) is 19.3 Å². The van der Waals surface area contributed by atoms with E-state index in [-0.39, 0.29) is 5.92 Å². The molecule has 1 saturated carbocycles. The van der Waals surface area contributed by atoms with Crippen molar-refractivity contribution < 1.29 is 22.7 Å². The van der Waals surface area contributed by atoms with Crippen LogP contribution >= 0.6 is 0 Å². The highest BCUT2D eigenvalue weighted by Crippen LogP contribution is 2.30. The van der Waals surface area contributed by atoms with E-state index < -0.39 is 25.2 Å². The maximum atomic E-state index is 11.5. The van der Waals surface area contributed by atoms with Crippen molar-refractivity contribution in [3.8, 4) is 0 Å². The van der Waals surface area contributed by atoms with Gasteiger partial charge < -0.3 is 4.74 Å². The molecule has 0 unspecified atom stereocenters. The van der Waals surface area contributed by atoms with E-state index in [1.54, 1.807) is 0 Å². The average Bonchev–Trinajstić information content (AvgIpc) is 2.64. The predicted octanol–water partition coefficient (Wildman–Crippen LogP) is 1.89. The summed E-state index contributed by atoms with van der Waals surface area (Å²) in [7, 11) is 0. The Kier molecular flexibility index (Phi) is 2.59. The summed E-state index contributed by atoms with van der Waals surface area (Å²) in [6.45, 7) is -0.543. The molecule has 0 aromatic rings. The van der Waals surface area contributed by atoms with Crippen molar-refractivity contribution in [2.75, 3.05) is 6.61 Å². The van der Waals surface area contributed by atoms with Crippen LogP contribution in [0.4, 0.5) is 13.2 Å². The fourth-order valence-corrected chi connectivity index (χ4v) is 0.704. The molecule has 12 heavy (non-hydrogen) atoms. The van der Waals surface area contributed by atoms with Gasteiger partial charge in [-0.05, 0) is 12.8 Å². The number of esters is 1. The first-order valence-corrected chi connectivity index (χ1v) is 3.72. The first-order valence-electron chi connectivity index (χ1n) is 3.72. The standard InChI is InChI=1S/C7H9F3O2/c8-7(9,10)3-4-12-6(11)5-1-2-5/h5H,1-4H2. The van der Waals surface area contributed by atoms with Crippen molar-refractivity contribution in [1.82, 2.24) is 0 Å². The van der Waals surface area contributed by atoms with Gasteiger partial charge in [0.15, 0.2) is 0 Å². The van der Waals surface area contributed by atoms with Crippen LogP contribution in [0.2, 0.25) is 0 Å². The minimum Gasteiger partial charge on any atom is -0.465 e. The lowest BCUT2D eigenvalue weighted by atomic mass is 10.4. The summed E-state index contributed by atoms with van der Waals surface area (Å²) in [5.74, 6) is -0.613. The lowest BCUT2D eigenvalue weighted by Gasteiger charge is -2.06. The second-order valence-electron chi connectivity index (χ2n) is 2.81. The van der Waals surface area contributed by atoms with Gasteiger partial charge in [0.25, 0.3) is 0 Å². The number of hydrogen-bond acceptors (Lipinski definition) is 2. The van der Waals surface area contributed by atoms with Gasteiger partial charge in [-0.2, -0.15) is 13.2 Å². The van der Waals surface area contributed by atoms with Crippen molar-refractivity contribution in [2.45, 2.75) is 25.4 Å². The molecule has 0 bridgehead atoms. The highest BCUT2D eigenvalue weighted by atomic mass is 19.4. The molecule has 0 aliphatic heterocycles. The van der Waals surface area contributed by atoms with E-state index in [4.69, 9.17) is 0 Å². The van der Waals surface area contributed by atoms with Crippen molar-refractivity contribution >= 4 is 5.97 Å². The van der Waals surface area contributed by atoms with Crippen molar-refractivity contribution in [1.29, 1.82) is 0 Å². The molecule has 1 aliphatic carbocycles. The van der Waals surface area contributed by atoms with Gasteiger partial charge in [0, 0.05) is 0 Å². The zero-order chi connectivity index (χ0) is 9.19. The smallest absolute Gasteiger partial charge is 0.392 e. The van der Waals surface area contributed by atoms with Crippen LogP contribution in [0.5, 0.6) is 0 Å². The summed E-state index contributed by atoms with van der Waals surface area (Å²) in [6, 6.07) is 0. The van der Waals surface area contributed by atoms with E-state index in [9.17, 15) is 18.0 Å². The van der Waals surface area contributed by atoms with E-state index in [0.717, 1.165) is 12.8 Å². The third kappa shape index (κ3) is 3.59. The van der Waals surface area contributed by atoms with Crippen LogP contribution in [0.3, 0.4) is 0 Å². The second-order valence-corrected chi connectivity index (χ2v) is 2.81. The Morgan fingerprint density at radius 2 is 2.00 bits per heavy atom. The number of hydrogen-bond donors (Lipinski definition) is 0. The number of carbonyl (C=O) groups excluding carboxylic acids is 1. The van der Waals surface area contributed by atoms with Crippen LogP contribution in [0.25, 0.3) is 0 Å². The molecule has 0 atom stereocenters. The maximum Gasteiger partial charge on any atom is 0.392 e. The van der Waals surface area contributed by atoms with Gasteiger partial charge in [0.1, 0.15) is 0 Å². The highest BCUT2D eigenvalue weighted by molar-refractivity contribution is 5.74. The van der Waals surface area contributed by atoms with Gasteiger partial charge in [0.2, 0.25) is 0 Å².